The molecule has 0 saturated heterocycles. The van der Waals surface area contributed by atoms with Crippen molar-refractivity contribution in [3.8, 4) is 5.75 Å². The quantitative estimate of drug-likeness (QED) is 0.333. The van der Waals surface area contributed by atoms with Crippen molar-refractivity contribution >= 4 is 35.1 Å². The van der Waals surface area contributed by atoms with E-state index in [9.17, 15) is 27.6 Å². The summed E-state index contributed by atoms with van der Waals surface area (Å²) >= 11 is 0. The van der Waals surface area contributed by atoms with Crippen LogP contribution in [0, 0.1) is 0 Å². The van der Waals surface area contributed by atoms with Crippen LogP contribution in [0.3, 0.4) is 0 Å². The summed E-state index contributed by atoms with van der Waals surface area (Å²) in [5, 5.41) is 16.2. The maximum atomic E-state index is 13.4. The number of nitrogens with zero attached hydrogens (tertiary/aromatic N) is 1. The summed E-state index contributed by atoms with van der Waals surface area (Å²) in [4.78, 5) is 48.4. The van der Waals surface area contributed by atoms with Gasteiger partial charge in [0, 0.05) is 42.5 Å². The molecule has 3 aromatic carbocycles. The first-order valence-corrected chi connectivity index (χ1v) is 13.4. The van der Waals surface area contributed by atoms with Crippen LogP contribution in [0.1, 0.15) is 50.2 Å². The zero-order chi connectivity index (χ0) is 30.7. The van der Waals surface area contributed by atoms with E-state index in [0.29, 0.717) is 29.1 Å². The predicted molar refractivity (Wildman–Crippen MR) is 149 cm³/mol. The third-order valence-electron chi connectivity index (χ3n) is 7.02. The second-order valence-corrected chi connectivity index (χ2v) is 10.3. The van der Waals surface area contributed by atoms with Gasteiger partial charge in [0.25, 0.3) is 17.7 Å². The summed E-state index contributed by atoms with van der Waals surface area (Å²) in [6.07, 6.45) is -3.14. The molecule has 1 fully saturated rings. The van der Waals surface area contributed by atoms with E-state index in [-0.39, 0.29) is 30.4 Å². The topological polar surface area (TPSA) is 137 Å². The summed E-state index contributed by atoms with van der Waals surface area (Å²) in [6.45, 7) is 2.08. The van der Waals surface area contributed by atoms with Crippen molar-refractivity contribution in [3.63, 3.8) is 0 Å². The zero-order valence-corrected chi connectivity index (χ0v) is 22.7. The van der Waals surface area contributed by atoms with E-state index in [0.717, 1.165) is 37.2 Å². The third-order valence-corrected chi connectivity index (χ3v) is 7.02. The van der Waals surface area contributed by atoms with Crippen molar-refractivity contribution < 1.29 is 42.2 Å². The van der Waals surface area contributed by atoms with Crippen LogP contribution < -0.4 is 20.7 Å². The summed E-state index contributed by atoms with van der Waals surface area (Å²) < 4.78 is 37.2. The molecule has 3 amide bonds. The fourth-order valence-corrected chi connectivity index (χ4v) is 4.66. The number of ether oxygens (including phenoxy) is 1. The SMILES string of the molecule is O=C(O)C(F)(F)F.O=C1COc2cc(C(=O)N(Cc3ccc(C(=O)Nc4ccc5c(c4)CNC5)cc3)C3CC3)ccc2N1. The molecule has 0 aromatic heterocycles. The Morgan fingerprint density at radius 1 is 0.953 bits per heavy atom. The van der Waals surface area contributed by atoms with E-state index < -0.39 is 12.1 Å². The van der Waals surface area contributed by atoms with Gasteiger partial charge in [-0.15, -0.1) is 0 Å². The second-order valence-electron chi connectivity index (χ2n) is 10.3. The van der Waals surface area contributed by atoms with Crippen molar-refractivity contribution in [2.45, 2.75) is 44.7 Å². The second kappa shape index (κ2) is 12.1. The van der Waals surface area contributed by atoms with Crippen LogP contribution in [-0.2, 0) is 29.2 Å². The first-order chi connectivity index (χ1) is 20.5. The Hall–Kier alpha value is -4.91. The molecule has 0 atom stereocenters. The number of halogens is 3. The average molecular weight is 597 g/mol. The number of amides is 3. The van der Waals surface area contributed by atoms with Crippen LogP contribution in [0.5, 0.6) is 5.75 Å². The Labute approximate surface area is 243 Å². The number of carboxylic acid groups (broad SMARTS) is 1. The zero-order valence-electron chi connectivity index (χ0n) is 22.7. The molecule has 3 aliphatic rings. The lowest BCUT2D eigenvalue weighted by Gasteiger charge is -2.24. The minimum atomic E-state index is -5.08. The van der Waals surface area contributed by atoms with Crippen molar-refractivity contribution in [2.75, 3.05) is 17.2 Å². The number of benzene rings is 3. The standard InChI is InChI=1S/C28H26N4O4.C2HF3O2/c33-26-16-36-25-12-19(6-10-24(25)31-26)28(35)32(23-8-9-23)15-17-1-3-18(4-2-17)27(34)30-22-7-5-20-13-29-14-21(20)11-22;3-2(4,5)1(6)7/h1-7,10-12,23,29H,8-9,13-16H2,(H,30,34)(H,31,33);(H,6,7). The molecule has 224 valence electrons. The largest absolute Gasteiger partial charge is 0.490 e. The van der Waals surface area contributed by atoms with Crippen molar-refractivity contribution in [1.82, 2.24) is 10.2 Å². The van der Waals surface area contributed by atoms with E-state index in [1.165, 1.54) is 11.1 Å². The molecule has 2 heterocycles. The summed E-state index contributed by atoms with van der Waals surface area (Å²) in [5.41, 5.74) is 5.88. The number of rotatable bonds is 6. The molecular formula is C30H27F3N4O6. The van der Waals surface area contributed by atoms with Gasteiger partial charge in [-0.2, -0.15) is 13.2 Å². The van der Waals surface area contributed by atoms with Gasteiger partial charge in [0.15, 0.2) is 6.61 Å². The molecule has 10 nitrogen and oxygen atoms in total. The lowest BCUT2D eigenvalue weighted by Crippen LogP contribution is -2.33. The van der Waals surface area contributed by atoms with E-state index in [1.54, 1.807) is 30.3 Å². The highest BCUT2D eigenvalue weighted by Crippen LogP contribution is 2.33. The van der Waals surface area contributed by atoms with E-state index in [2.05, 4.69) is 16.0 Å². The Balaban J connectivity index is 0.000000472. The predicted octanol–water partition coefficient (Wildman–Crippen LogP) is 4.31. The number of fused-ring (bicyclic) bond motifs is 2. The van der Waals surface area contributed by atoms with Crippen molar-refractivity contribution in [1.29, 1.82) is 0 Å². The normalized spacial score (nSPS) is 15.1. The van der Waals surface area contributed by atoms with Gasteiger partial charge in [-0.1, -0.05) is 18.2 Å². The van der Waals surface area contributed by atoms with Gasteiger partial charge >= 0.3 is 12.1 Å². The maximum Gasteiger partial charge on any atom is 0.490 e. The van der Waals surface area contributed by atoms with E-state index in [1.807, 2.05) is 35.2 Å². The summed E-state index contributed by atoms with van der Waals surface area (Å²) in [5.74, 6) is -2.70. The Kier molecular flexibility index (Phi) is 8.35. The molecule has 0 unspecified atom stereocenters. The molecule has 0 bridgehead atoms. The summed E-state index contributed by atoms with van der Waals surface area (Å²) in [7, 11) is 0. The van der Waals surface area contributed by atoms with Crippen LogP contribution in [0.4, 0.5) is 24.5 Å². The van der Waals surface area contributed by atoms with Crippen molar-refractivity contribution in [3.05, 3.63) is 88.5 Å². The van der Waals surface area contributed by atoms with E-state index >= 15 is 0 Å². The van der Waals surface area contributed by atoms with Gasteiger partial charge in [-0.05, 0) is 72.0 Å². The molecule has 0 spiro atoms. The number of carbonyl (C=O) groups is 4. The number of carbonyl (C=O) groups excluding carboxylic acids is 3. The van der Waals surface area contributed by atoms with Gasteiger partial charge in [-0.3, -0.25) is 14.4 Å². The first-order valence-electron chi connectivity index (χ1n) is 13.4. The summed E-state index contributed by atoms with van der Waals surface area (Å²) in [6, 6.07) is 18.7. The molecule has 2 aliphatic heterocycles. The van der Waals surface area contributed by atoms with Crippen LogP contribution in [0.2, 0.25) is 0 Å². The van der Waals surface area contributed by atoms with Crippen LogP contribution in [-0.4, -0.2) is 52.5 Å². The number of anilines is 2. The van der Waals surface area contributed by atoms with Gasteiger partial charge in [-0.25, -0.2) is 4.79 Å². The molecule has 1 aliphatic carbocycles. The van der Waals surface area contributed by atoms with Crippen LogP contribution >= 0.6 is 0 Å². The average Bonchev–Trinajstić information content (AvgIpc) is 3.71. The minimum Gasteiger partial charge on any atom is -0.482 e. The van der Waals surface area contributed by atoms with Gasteiger partial charge in [0.2, 0.25) is 0 Å². The number of hydrogen-bond donors (Lipinski definition) is 4. The highest BCUT2D eigenvalue weighted by Gasteiger charge is 2.38. The Bertz CT molecular complexity index is 1570. The van der Waals surface area contributed by atoms with Crippen LogP contribution in [0.25, 0.3) is 0 Å². The van der Waals surface area contributed by atoms with Gasteiger partial charge in [0.1, 0.15) is 5.75 Å². The van der Waals surface area contributed by atoms with E-state index in [4.69, 9.17) is 14.6 Å². The van der Waals surface area contributed by atoms with Crippen LogP contribution in [0.15, 0.2) is 60.7 Å². The number of carboxylic acids is 1. The minimum absolute atomic E-state index is 0.0550. The number of aliphatic carboxylic acids is 1. The molecule has 6 rings (SSSR count). The number of alkyl halides is 3. The maximum absolute atomic E-state index is 13.4. The Morgan fingerprint density at radius 3 is 2.30 bits per heavy atom. The van der Waals surface area contributed by atoms with Gasteiger partial charge in [0.05, 0.1) is 5.69 Å². The Morgan fingerprint density at radius 2 is 1.63 bits per heavy atom. The molecule has 4 N–H and O–H groups in total. The third kappa shape index (κ3) is 7.30. The monoisotopic (exact) mass is 596 g/mol. The number of nitrogens with one attached hydrogen (secondary N) is 3. The fourth-order valence-electron chi connectivity index (χ4n) is 4.66. The lowest BCUT2D eigenvalue weighted by molar-refractivity contribution is -0.192. The molecule has 1 saturated carbocycles. The molecule has 0 radical (unpaired) electrons. The highest BCUT2D eigenvalue weighted by atomic mass is 19.4. The molecule has 3 aromatic rings. The first kappa shape index (κ1) is 29.6. The fraction of sp³-hybridized carbons (Fsp3) is 0.267. The smallest absolute Gasteiger partial charge is 0.482 e. The van der Waals surface area contributed by atoms with Crippen molar-refractivity contribution in [2.24, 2.45) is 0 Å². The van der Waals surface area contributed by atoms with Gasteiger partial charge < -0.3 is 30.7 Å². The molecule has 43 heavy (non-hydrogen) atoms. The number of hydrogen-bond acceptors (Lipinski definition) is 6. The highest BCUT2D eigenvalue weighted by molar-refractivity contribution is 6.04. The molecule has 13 heteroatoms. The lowest BCUT2D eigenvalue weighted by atomic mass is 10.1. The molecular weight excluding hydrogens is 569 g/mol.